The number of amides is 1. The molecule has 2 saturated carbocycles. The lowest BCUT2D eigenvalue weighted by Gasteiger charge is -2.21. The number of anilines is 1. The summed E-state index contributed by atoms with van der Waals surface area (Å²) in [5, 5.41) is 3.64. The first kappa shape index (κ1) is 17.2. The van der Waals surface area contributed by atoms with E-state index in [1.807, 2.05) is 6.07 Å². The fourth-order valence-corrected chi connectivity index (χ4v) is 4.54. The number of hydrogen-bond donors (Lipinski definition) is 3. The monoisotopic (exact) mass is 345 g/mol. The first-order valence-corrected chi connectivity index (χ1v) is 9.42. The first-order chi connectivity index (χ1) is 11.6. The van der Waals surface area contributed by atoms with Crippen LogP contribution in [0.5, 0.6) is 0 Å². The number of carbonyl (C=O) groups excluding carboxylic acids is 1. The second kappa shape index (κ2) is 7.51. The molecule has 24 heavy (non-hydrogen) atoms. The van der Waals surface area contributed by atoms with Crippen LogP contribution in [0.25, 0.3) is 0 Å². The average Bonchev–Trinajstić information content (AvgIpc) is 3.17. The minimum absolute atomic E-state index is 0.0391. The number of benzene rings is 1. The lowest BCUT2D eigenvalue weighted by atomic mass is 9.86. The molecule has 0 radical (unpaired) electrons. The maximum Gasteiger partial charge on any atom is 0.238 e. The normalized spacial score (nSPS) is 24.7. The van der Waals surface area contributed by atoms with Gasteiger partial charge in [-0.05, 0) is 73.7 Å². The molecule has 3 rings (SSSR count). The predicted octanol–water partition coefficient (Wildman–Crippen LogP) is 3.70. The topological polar surface area (TPSA) is 53.2 Å². The van der Waals surface area contributed by atoms with Gasteiger partial charge in [0.25, 0.3) is 0 Å². The van der Waals surface area contributed by atoms with Crippen molar-refractivity contribution in [1.82, 2.24) is 10.9 Å². The summed E-state index contributed by atoms with van der Waals surface area (Å²) >= 11 is 5.32. The van der Waals surface area contributed by atoms with Gasteiger partial charge in [-0.3, -0.25) is 15.6 Å². The SMILES string of the molecule is CCc1cccc(C)c1NC(=S)NNC(=O)C[C@H]1C[C@@H]2CC[C@@H]1C2. The molecule has 1 amide bonds. The van der Waals surface area contributed by atoms with E-state index in [1.54, 1.807) is 0 Å². The summed E-state index contributed by atoms with van der Waals surface area (Å²) < 4.78 is 0. The minimum atomic E-state index is 0.0391. The van der Waals surface area contributed by atoms with Crippen LogP contribution in [0.1, 0.15) is 50.2 Å². The van der Waals surface area contributed by atoms with Crippen molar-refractivity contribution in [2.24, 2.45) is 17.8 Å². The third-order valence-electron chi connectivity index (χ3n) is 5.63. The molecule has 1 aromatic rings. The molecule has 3 N–H and O–H groups in total. The van der Waals surface area contributed by atoms with Gasteiger partial charge in [-0.1, -0.05) is 31.5 Å². The Kier molecular flexibility index (Phi) is 5.39. The molecule has 0 unspecified atom stereocenters. The Bertz CT molecular complexity index is 631. The van der Waals surface area contributed by atoms with Gasteiger partial charge in [0.2, 0.25) is 5.91 Å². The zero-order valence-electron chi connectivity index (χ0n) is 14.5. The second-order valence-corrected chi connectivity index (χ2v) is 7.64. The van der Waals surface area contributed by atoms with E-state index < -0.39 is 0 Å². The third kappa shape index (κ3) is 3.89. The van der Waals surface area contributed by atoms with Crippen molar-refractivity contribution < 1.29 is 4.79 Å². The van der Waals surface area contributed by atoms with Gasteiger partial charge in [0, 0.05) is 12.1 Å². The van der Waals surface area contributed by atoms with Gasteiger partial charge in [0.05, 0.1) is 0 Å². The highest BCUT2D eigenvalue weighted by atomic mass is 32.1. The maximum atomic E-state index is 12.2. The van der Waals surface area contributed by atoms with Crippen LogP contribution in [-0.4, -0.2) is 11.0 Å². The maximum absolute atomic E-state index is 12.2. The molecule has 1 aromatic carbocycles. The summed E-state index contributed by atoms with van der Waals surface area (Å²) in [6.07, 6.45) is 6.78. The molecule has 2 bridgehead atoms. The van der Waals surface area contributed by atoms with Gasteiger partial charge in [-0.25, -0.2) is 0 Å². The van der Waals surface area contributed by atoms with Gasteiger partial charge in [0.1, 0.15) is 0 Å². The summed E-state index contributed by atoms with van der Waals surface area (Å²) in [5.41, 5.74) is 8.99. The molecular weight excluding hydrogens is 318 g/mol. The van der Waals surface area contributed by atoms with E-state index >= 15 is 0 Å². The molecule has 3 atom stereocenters. The predicted molar refractivity (Wildman–Crippen MR) is 102 cm³/mol. The number of nitrogens with one attached hydrogen (secondary N) is 3. The highest BCUT2D eigenvalue weighted by Gasteiger charge is 2.40. The van der Waals surface area contributed by atoms with Crippen LogP contribution in [0.4, 0.5) is 5.69 Å². The first-order valence-electron chi connectivity index (χ1n) is 9.01. The van der Waals surface area contributed by atoms with E-state index in [2.05, 4.69) is 42.1 Å². The fourth-order valence-electron chi connectivity index (χ4n) is 4.39. The lowest BCUT2D eigenvalue weighted by molar-refractivity contribution is -0.122. The quantitative estimate of drug-likeness (QED) is 0.575. The number of fused-ring (bicyclic) bond motifs is 2. The fraction of sp³-hybridized carbons (Fsp3) is 0.579. The van der Waals surface area contributed by atoms with Crippen LogP contribution < -0.4 is 16.2 Å². The Hall–Kier alpha value is -1.62. The van der Waals surface area contributed by atoms with Crippen LogP contribution >= 0.6 is 12.2 Å². The van der Waals surface area contributed by atoms with Crippen molar-refractivity contribution >= 4 is 28.9 Å². The van der Waals surface area contributed by atoms with E-state index in [1.165, 1.54) is 31.2 Å². The highest BCUT2D eigenvalue weighted by Crippen LogP contribution is 2.49. The summed E-state index contributed by atoms with van der Waals surface area (Å²) in [7, 11) is 0. The van der Waals surface area contributed by atoms with Gasteiger partial charge >= 0.3 is 0 Å². The zero-order chi connectivity index (χ0) is 17.1. The smallest absolute Gasteiger partial charge is 0.238 e. The number of carbonyl (C=O) groups is 1. The Morgan fingerprint density at radius 1 is 1.25 bits per heavy atom. The second-order valence-electron chi connectivity index (χ2n) is 7.23. The molecule has 0 aromatic heterocycles. The Balaban J connectivity index is 1.46. The van der Waals surface area contributed by atoms with E-state index in [0.29, 0.717) is 17.5 Å². The van der Waals surface area contributed by atoms with Crippen molar-refractivity contribution in [3.63, 3.8) is 0 Å². The third-order valence-corrected chi connectivity index (χ3v) is 5.83. The molecule has 5 heteroatoms. The van der Waals surface area contributed by atoms with E-state index in [4.69, 9.17) is 12.2 Å². The van der Waals surface area contributed by atoms with E-state index in [9.17, 15) is 4.79 Å². The minimum Gasteiger partial charge on any atom is -0.331 e. The molecule has 2 aliphatic rings. The molecule has 0 spiro atoms. The number of rotatable bonds is 4. The summed E-state index contributed by atoms with van der Waals surface area (Å²) in [6.45, 7) is 4.17. The zero-order valence-corrected chi connectivity index (χ0v) is 15.3. The molecule has 130 valence electrons. The molecule has 0 aliphatic heterocycles. The lowest BCUT2D eigenvalue weighted by Crippen LogP contribution is -2.44. The number of para-hydroxylation sites is 1. The van der Waals surface area contributed by atoms with Gasteiger partial charge in [0.15, 0.2) is 5.11 Å². The molecule has 2 aliphatic carbocycles. The van der Waals surface area contributed by atoms with Gasteiger partial charge in [-0.2, -0.15) is 0 Å². The number of hydrogen-bond acceptors (Lipinski definition) is 2. The van der Waals surface area contributed by atoms with Gasteiger partial charge in [-0.15, -0.1) is 0 Å². The summed E-state index contributed by atoms with van der Waals surface area (Å²) in [6, 6.07) is 6.19. The van der Waals surface area contributed by atoms with Crippen LogP contribution in [0.3, 0.4) is 0 Å². The van der Waals surface area contributed by atoms with Crippen molar-refractivity contribution in [2.75, 3.05) is 5.32 Å². The Morgan fingerprint density at radius 2 is 2.08 bits per heavy atom. The Morgan fingerprint density at radius 3 is 2.75 bits per heavy atom. The summed E-state index contributed by atoms with van der Waals surface area (Å²) in [4.78, 5) is 12.2. The number of thiocarbonyl (C=S) groups is 1. The number of hydrazine groups is 1. The molecule has 0 saturated heterocycles. The molecule has 0 heterocycles. The average molecular weight is 346 g/mol. The van der Waals surface area contributed by atoms with Crippen LogP contribution in [-0.2, 0) is 11.2 Å². The van der Waals surface area contributed by atoms with Crippen molar-refractivity contribution in [3.05, 3.63) is 29.3 Å². The van der Waals surface area contributed by atoms with Crippen LogP contribution in [0.2, 0.25) is 0 Å². The van der Waals surface area contributed by atoms with E-state index in [-0.39, 0.29) is 5.91 Å². The van der Waals surface area contributed by atoms with E-state index in [0.717, 1.165) is 29.5 Å². The van der Waals surface area contributed by atoms with Crippen molar-refractivity contribution in [2.45, 2.75) is 52.4 Å². The standard InChI is InChI=1S/C19H27N3OS/c1-3-14-6-4-5-12(2)18(14)20-19(24)22-21-17(23)11-16-10-13-7-8-15(16)9-13/h4-6,13,15-16H,3,7-11H2,1-2H3,(H,21,23)(H2,20,22,24)/t13-,15-,16-/m1/s1. The van der Waals surface area contributed by atoms with Crippen molar-refractivity contribution in [1.29, 1.82) is 0 Å². The molecular formula is C19H27N3OS. The van der Waals surface area contributed by atoms with Crippen LogP contribution in [0.15, 0.2) is 18.2 Å². The summed E-state index contributed by atoms with van der Waals surface area (Å²) in [5.74, 6) is 2.24. The molecule has 4 nitrogen and oxygen atoms in total. The Labute approximate surface area is 149 Å². The van der Waals surface area contributed by atoms with Crippen molar-refractivity contribution in [3.8, 4) is 0 Å². The highest BCUT2D eigenvalue weighted by molar-refractivity contribution is 7.80. The molecule has 2 fully saturated rings. The number of aryl methyl sites for hydroxylation is 2. The largest absolute Gasteiger partial charge is 0.331 e. The van der Waals surface area contributed by atoms with Gasteiger partial charge < -0.3 is 5.32 Å². The van der Waals surface area contributed by atoms with Crippen LogP contribution in [0, 0.1) is 24.7 Å².